The van der Waals surface area contributed by atoms with Gasteiger partial charge in [-0.25, -0.2) is 4.18 Å². The molecule has 9 N–H and O–H groups in total. The number of ether oxygens (including phenoxy) is 11. The summed E-state index contributed by atoms with van der Waals surface area (Å²) in [5.41, 5.74) is -1.45. The monoisotopic (exact) mass is 1180 g/mol. The molecule has 0 radical (unpaired) electrons. The molecule has 0 aromatic heterocycles. The van der Waals surface area contributed by atoms with Crippen molar-refractivity contribution in [3.8, 4) is 0 Å². The van der Waals surface area contributed by atoms with Gasteiger partial charge < -0.3 is 93.0 Å². The average Bonchev–Trinajstić information content (AvgIpc) is 2.26. The van der Waals surface area contributed by atoms with E-state index in [1.165, 1.54) is 21.0 Å². The quantitative estimate of drug-likeness (QED) is 0.0464. The zero-order valence-corrected chi connectivity index (χ0v) is 48.2. The number of hydrogen-bond acceptors (Lipinski definition) is 24. The van der Waals surface area contributed by atoms with E-state index in [0.29, 0.717) is 38.5 Å². The van der Waals surface area contributed by atoms with Gasteiger partial charge in [0, 0.05) is 19.4 Å². The highest BCUT2D eigenvalue weighted by Crippen LogP contribution is 2.76. The van der Waals surface area contributed by atoms with E-state index in [0.717, 1.165) is 11.1 Å². The summed E-state index contributed by atoms with van der Waals surface area (Å²) in [6.45, 7) is 15.5. The van der Waals surface area contributed by atoms with E-state index in [4.69, 9.17) is 56.3 Å². The second-order valence-corrected chi connectivity index (χ2v) is 26.3. The maximum atomic E-state index is 14.6. The Labute approximate surface area is 471 Å². The Morgan fingerprint density at radius 1 is 0.765 bits per heavy atom. The van der Waals surface area contributed by atoms with Gasteiger partial charge in [0.2, 0.25) is 0 Å². The first-order chi connectivity index (χ1) is 37.9. The number of carbonyl (C=O) groups is 2. The summed E-state index contributed by atoms with van der Waals surface area (Å²) in [5, 5.41) is 88.8. The summed E-state index contributed by atoms with van der Waals surface area (Å²) < 4.78 is 104. The van der Waals surface area contributed by atoms with Gasteiger partial charge in [-0.3, -0.25) is 14.1 Å². The zero-order chi connectivity index (χ0) is 59.3. The van der Waals surface area contributed by atoms with E-state index < -0.39 is 180 Å². The molecule has 1 spiro atoms. The first-order valence-corrected chi connectivity index (χ1v) is 29.4. The minimum absolute atomic E-state index is 0.0219. The number of cyclic esters (lactones) is 1. The molecule has 25 nitrogen and oxygen atoms in total. The SMILES string of the molecule is CO[C@@H]1[C@@H](O)[C@H](O[C@@H]2[C@@H](O)[C@H](O[C@H]3[C@H](O)[C@@H](O)[C@H](O[C@H]4[C@H](O[C@H]5CC[C@]6(C)[C@H]7CC[C@@]89C(=O)O[C@@](C)(/C=C\C=C(C)C)[C@@H]8[C@@H](OC(C)=O)C[C@@]9(C)C7=CC[C@H]6C5(C)C)OC[C@@H](OS(=O)(=O)O)[C@@H]4O)O[C@@H]3C)O[C@H](CO)[C@H]2O)OC[C@H]1O. The Bertz CT molecular complexity index is 2510. The van der Waals surface area contributed by atoms with Gasteiger partial charge in [-0.1, -0.05) is 57.1 Å². The first-order valence-electron chi connectivity index (χ1n) is 28.0. The van der Waals surface area contributed by atoms with Crippen molar-refractivity contribution >= 4 is 22.3 Å². The van der Waals surface area contributed by atoms with Crippen molar-refractivity contribution in [3.05, 3.63) is 35.5 Å². The van der Waals surface area contributed by atoms with Gasteiger partial charge in [0.25, 0.3) is 0 Å². The minimum atomic E-state index is -5.17. The third-order valence-corrected chi connectivity index (χ3v) is 20.3. The van der Waals surface area contributed by atoms with E-state index >= 15 is 0 Å². The molecular formula is C55H84O25S. The van der Waals surface area contributed by atoms with E-state index in [9.17, 15) is 63.4 Å². The molecule has 0 bridgehead atoms. The number of methoxy groups -OCH3 is 1. The third-order valence-electron chi connectivity index (χ3n) is 19.8. The molecule has 0 aromatic carbocycles. The van der Waals surface area contributed by atoms with Crippen molar-refractivity contribution in [1.82, 2.24) is 0 Å². The van der Waals surface area contributed by atoms with Crippen molar-refractivity contribution < 1.29 is 120 Å². The highest BCUT2D eigenvalue weighted by Gasteiger charge is 2.79. The zero-order valence-electron chi connectivity index (χ0n) is 47.4. The van der Waals surface area contributed by atoms with Gasteiger partial charge in [0.1, 0.15) is 91.1 Å². The third kappa shape index (κ3) is 11.1. The van der Waals surface area contributed by atoms with E-state index in [1.54, 1.807) is 0 Å². The summed E-state index contributed by atoms with van der Waals surface area (Å²) in [6.07, 6.45) is -19.3. The van der Waals surface area contributed by atoms with Gasteiger partial charge >= 0.3 is 22.3 Å². The fourth-order valence-electron chi connectivity index (χ4n) is 15.9. The standard InChI is InChI=1S/C55H84O25S/c1-24(2)12-11-17-54(9)45-30(73-26(4)57)20-53(8)28-13-14-33-51(5,6)34(16-18-52(33,7)27(28)15-19-55(45,53)50(65)79-54)75-49-44(36(60)32(23-71-49)80-81(66,67)68)78-47-38(62)37(61)41(25(3)72-47)76-48-40(64)43(35(59)31(21-56)74-48)77-46-39(63)42(69-10)29(58)22-70-46/h11-13,17,25,27,29-49,56,58-64H,14-16,18-23H2,1-10H3,(H,66,67,68)/b17-11-/t25-,27+,29-,30+,31-,32-,33+,34+,35-,36+,37-,38-,39-,40-,41-,42+,43+,44-,45+,46+,47+,48+,49+,52-,53+,54+,55+/m1/s1. The maximum Gasteiger partial charge on any atom is 0.397 e. The molecule has 81 heavy (non-hydrogen) atoms. The van der Waals surface area contributed by atoms with Crippen molar-refractivity contribution in [1.29, 1.82) is 0 Å². The normalized spacial score (nSPS) is 49.6. The van der Waals surface area contributed by atoms with Crippen LogP contribution in [-0.4, -0.2) is 221 Å². The average molecular weight is 1180 g/mol. The summed E-state index contributed by atoms with van der Waals surface area (Å²) in [5.74, 6) is -1.17. The molecule has 26 heteroatoms. The van der Waals surface area contributed by atoms with Crippen LogP contribution in [0.3, 0.4) is 0 Å². The van der Waals surface area contributed by atoms with Crippen molar-refractivity contribution in [2.24, 2.45) is 39.4 Å². The number of hydrogen-bond donors (Lipinski definition) is 9. The van der Waals surface area contributed by atoms with Gasteiger partial charge in [-0.05, 0) is 95.0 Å². The van der Waals surface area contributed by atoms with Crippen LogP contribution >= 0.6 is 0 Å². The predicted octanol–water partition coefficient (Wildman–Crippen LogP) is 0.396. The lowest BCUT2D eigenvalue weighted by Gasteiger charge is -2.63. The van der Waals surface area contributed by atoms with Gasteiger partial charge in [0.05, 0.1) is 43.4 Å². The molecule has 5 aliphatic heterocycles. The van der Waals surface area contributed by atoms with Crippen LogP contribution < -0.4 is 0 Å². The van der Waals surface area contributed by atoms with E-state index in [1.807, 2.05) is 39.0 Å². The van der Waals surface area contributed by atoms with Gasteiger partial charge in [-0.2, -0.15) is 8.42 Å². The molecule has 8 fully saturated rings. The summed E-state index contributed by atoms with van der Waals surface area (Å²) in [4.78, 5) is 27.4. The van der Waals surface area contributed by atoms with E-state index in [2.05, 4.69) is 33.8 Å². The topological polar surface area (TPSA) is 361 Å². The summed E-state index contributed by atoms with van der Waals surface area (Å²) >= 11 is 0. The lowest BCUT2D eigenvalue weighted by molar-refractivity contribution is -0.386. The van der Waals surface area contributed by atoms with Crippen LogP contribution in [0.4, 0.5) is 0 Å². The molecule has 9 rings (SSSR count). The molecule has 5 saturated heterocycles. The lowest BCUT2D eigenvalue weighted by Crippen LogP contribution is -2.66. The van der Waals surface area contributed by atoms with Crippen LogP contribution in [0.25, 0.3) is 0 Å². The lowest BCUT2D eigenvalue weighted by atomic mass is 9.41. The Hall–Kier alpha value is -2.65. The number of fused-ring (bicyclic) bond motifs is 4. The van der Waals surface area contributed by atoms with Gasteiger partial charge in [-0.15, -0.1) is 0 Å². The Morgan fingerprint density at radius 3 is 2.07 bits per heavy atom. The molecule has 0 unspecified atom stereocenters. The van der Waals surface area contributed by atoms with Crippen LogP contribution in [0.2, 0.25) is 0 Å². The van der Waals surface area contributed by atoms with Crippen molar-refractivity contribution in [3.63, 3.8) is 0 Å². The number of aliphatic hydroxyl groups is 8. The Kier molecular flexibility index (Phi) is 18.0. The smallest absolute Gasteiger partial charge is 0.397 e. The molecule has 4 aliphatic carbocycles. The molecule has 460 valence electrons. The van der Waals surface area contributed by atoms with Crippen LogP contribution in [0.1, 0.15) is 101 Å². The molecule has 27 atom stereocenters. The fourth-order valence-corrected chi connectivity index (χ4v) is 16.4. The highest BCUT2D eigenvalue weighted by molar-refractivity contribution is 7.80. The van der Waals surface area contributed by atoms with Gasteiger partial charge in [0.15, 0.2) is 25.2 Å². The number of rotatable bonds is 15. The van der Waals surface area contributed by atoms with Crippen LogP contribution in [0.15, 0.2) is 35.5 Å². The molecule has 5 heterocycles. The number of carbonyl (C=O) groups excluding carboxylic acids is 2. The maximum absolute atomic E-state index is 14.6. The second kappa shape index (κ2) is 23.2. The van der Waals surface area contributed by atoms with Crippen LogP contribution in [0, 0.1) is 39.4 Å². The molecule has 0 aromatic rings. The summed E-state index contributed by atoms with van der Waals surface area (Å²) in [7, 11) is -3.93. The second-order valence-electron chi connectivity index (χ2n) is 25.3. The number of aliphatic hydroxyl groups excluding tert-OH is 8. The Morgan fingerprint density at radius 2 is 1.42 bits per heavy atom. The van der Waals surface area contributed by atoms with E-state index in [-0.39, 0.29) is 29.8 Å². The van der Waals surface area contributed by atoms with Crippen LogP contribution in [0.5, 0.6) is 0 Å². The molecule has 0 amide bonds. The van der Waals surface area contributed by atoms with Crippen molar-refractivity contribution in [2.45, 2.75) is 229 Å². The fraction of sp³-hybridized carbons (Fsp3) is 0.855. The molecule has 3 saturated carbocycles. The molecule has 9 aliphatic rings. The van der Waals surface area contributed by atoms with Crippen LogP contribution in [-0.2, 0) is 76.3 Å². The number of esters is 2. The Balaban J connectivity index is 0.922. The predicted molar refractivity (Wildman–Crippen MR) is 276 cm³/mol. The molecular weight excluding hydrogens is 1090 g/mol. The van der Waals surface area contributed by atoms with Crippen molar-refractivity contribution in [2.75, 3.05) is 26.9 Å². The minimum Gasteiger partial charge on any atom is -0.462 e. The first kappa shape index (κ1) is 62.9. The number of allylic oxidation sites excluding steroid dienone is 5. The highest BCUT2D eigenvalue weighted by atomic mass is 32.3. The largest absolute Gasteiger partial charge is 0.462 e. The summed E-state index contributed by atoms with van der Waals surface area (Å²) in [6, 6.07) is 0.